The number of nitriles is 1. The molecule has 4 heterocycles. The smallest absolute Gasteiger partial charge is 0.335 e. The molecule has 2 aliphatic heterocycles. The lowest BCUT2D eigenvalue weighted by Crippen LogP contribution is -2.35. The summed E-state index contributed by atoms with van der Waals surface area (Å²) in [4.78, 5) is 24.6. The van der Waals surface area contributed by atoms with E-state index in [0.717, 1.165) is 49.4 Å². The Morgan fingerprint density at radius 3 is 2.35 bits per heavy atom. The van der Waals surface area contributed by atoms with Gasteiger partial charge >= 0.3 is 5.97 Å². The number of carboxylic acids is 1. The van der Waals surface area contributed by atoms with Gasteiger partial charge in [-0.25, -0.2) is 14.8 Å². The van der Waals surface area contributed by atoms with Crippen molar-refractivity contribution >= 4 is 17.0 Å². The van der Waals surface area contributed by atoms with E-state index in [2.05, 4.69) is 21.6 Å². The Morgan fingerprint density at radius 2 is 1.70 bits per heavy atom. The number of carbonyl (C=O) groups is 1. The van der Waals surface area contributed by atoms with Crippen molar-refractivity contribution in [1.82, 2.24) is 19.4 Å². The average molecular weight is 744 g/mol. The zero-order valence-corrected chi connectivity index (χ0v) is 31.1. The highest BCUT2D eigenvalue weighted by Gasteiger charge is 2.28. The van der Waals surface area contributed by atoms with Crippen LogP contribution in [0.1, 0.15) is 58.2 Å². The van der Waals surface area contributed by atoms with Gasteiger partial charge in [0.2, 0.25) is 5.88 Å². The molecule has 2 aliphatic rings. The van der Waals surface area contributed by atoms with Crippen molar-refractivity contribution in [2.24, 2.45) is 0 Å². The van der Waals surface area contributed by atoms with Crippen LogP contribution in [0.5, 0.6) is 11.6 Å². The number of ether oxygens (including phenoxy) is 7. The number of imidazole rings is 1. The molecule has 2 aromatic carbocycles. The third-order valence-corrected chi connectivity index (χ3v) is 9.96. The molecule has 288 valence electrons. The predicted molar refractivity (Wildman–Crippen MR) is 198 cm³/mol. The Kier molecular flexibility index (Phi) is 13.8. The number of fused-ring (bicyclic) bond motifs is 1. The summed E-state index contributed by atoms with van der Waals surface area (Å²) < 4.78 is 42.1. The van der Waals surface area contributed by atoms with Crippen LogP contribution in [-0.4, -0.2) is 116 Å². The largest absolute Gasteiger partial charge is 0.488 e. The maximum absolute atomic E-state index is 12.3. The summed E-state index contributed by atoms with van der Waals surface area (Å²) in [5.41, 5.74) is 4.01. The molecule has 3 atom stereocenters. The Labute approximate surface area is 315 Å². The lowest BCUT2D eigenvalue weighted by Gasteiger charge is -2.32. The van der Waals surface area contributed by atoms with E-state index in [1.165, 1.54) is 6.07 Å². The van der Waals surface area contributed by atoms with E-state index in [4.69, 9.17) is 48.4 Å². The molecule has 2 fully saturated rings. The molecule has 0 radical (unpaired) electrons. The molecule has 0 spiro atoms. The number of hydrogen-bond donors (Lipinski definition) is 1. The quantitative estimate of drug-likeness (QED) is 0.131. The van der Waals surface area contributed by atoms with Gasteiger partial charge in [-0.1, -0.05) is 18.2 Å². The molecular formula is C40H49N5O9. The van der Waals surface area contributed by atoms with Crippen molar-refractivity contribution < 1.29 is 43.1 Å². The van der Waals surface area contributed by atoms with E-state index < -0.39 is 12.1 Å². The Balaban J connectivity index is 1.13. The highest BCUT2D eigenvalue weighted by Crippen LogP contribution is 2.33. The van der Waals surface area contributed by atoms with Gasteiger partial charge in [-0.2, -0.15) is 5.26 Å². The summed E-state index contributed by atoms with van der Waals surface area (Å²) in [6.07, 6.45) is 2.19. The highest BCUT2D eigenvalue weighted by atomic mass is 16.6. The third-order valence-electron chi connectivity index (χ3n) is 9.96. The lowest BCUT2D eigenvalue weighted by molar-refractivity contribution is -0.0629. The van der Waals surface area contributed by atoms with Gasteiger partial charge in [-0.15, -0.1) is 0 Å². The van der Waals surface area contributed by atoms with Crippen LogP contribution in [0.25, 0.3) is 11.0 Å². The number of methoxy groups -OCH3 is 3. The van der Waals surface area contributed by atoms with E-state index >= 15 is 0 Å². The van der Waals surface area contributed by atoms with Crippen LogP contribution < -0.4 is 9.47 Å². The Morgan fingerprint density at radius 1 is 0.963 bits per heavy atom. The van der Waals surface area contributed by atoms with Crippen LogP contribution in [0.3, 0.4) is 0 Å². The highest BCUT2D eigenvalue weighted by molar-refractivity contribution is 5.95. The van der Waals surface area contributed by atoms with Crippen molar-refractivity contribution in [2.75, 3.05) is 67.5 Å². The molecule has 0 saturated carbocycles. The van der Waals surface area contributed by atoms with E-state index in [-0.39, 0.29) is 36.9 Å². The number of piperidine rings is 1. The summed E-state index contributed by atoms with van der Waals surface area (Å²) in [5.74, 6) is 1.03. The zero-order chi connectivity index (χ0) is 37.9. The minimum Gasteiger partial charge on any atom is -0.488 e. The Hall–Kier alpha value is -4.62. The number of nitrogens with zero attached hydrogens (tertiary/aromatic N) is 5. The number of aromatic nitrogens is 3. The molecule has 4 aromatic rings. The van der Waals surface area contributed by atoms with E-state index in [0.29, 0.717) is 67.7 Å². The van der Waals surface area contributed by atoms with Crippen molar-refractivity contribution in [3.8, 4) is 17.7 Å². The van der Waals surface area contributed by atoms with Gasteiger partial charge in [0.15, 0.2) is 0 Å². The second-order valence-electron chi connectivity index (χ2n) is 13.6. The number of likely N-dealkylation sites (tertiary alicyclic amines) is 1. The molecule has 0 aliphatic carbocycles. The molecular weight excluding hydrogens is 694 g/mol. The van der Waals surface area contributed by atoms with Gasteiger partial charge < -0.3 is 42.8 Å². The van der Waals surface area contributed by atoms with Crippen LogP contribution in [0.2, 0.25) is 0 Å². The Bertz CT molecular complexity index is 1870. The van der Waals surface area contributed by atoms with Crippen LogP contribution in [0.4, 0.5) is 0 Å². The summed E-state index contributed by atoms with van der Waals surface area (Å²) >= 11 is 0. The first-order valence-corrected chi connectivity index (χ1v) is 18.3. The van der Waals surface area contributed by atoms with Gasteiger partial charge in [-0.05, 0) is 68.2 Å². The summed E-state index contributed by atoms with van der Waals surface area (Å²) in [6.45, 7) is 5.06. The second kappa shape index (κ2) is 19.1. The van der Waals surface area contributed by atoms with Gasteiger partial charge in [0.25, 0.3) is 0 Å². The maximum atomic E-state index is 12.3. The van der Waals surface area contributed by atoms with E-state index in [9.17, 15) is 9.90 Å². The number of aromatic carboxylic acids is 1. The predicted octanol–water partition coefficient (Wildman–Crippen LogP) is 4.82. The SMILES string of the molecule is COCC(COCC(COc1cc(C(=O)O)cc2c1nc(CN1CCC(c3cccc(OCc4ccc(C#N)cc4)n3)CC1)n2C[C@@H]1CCO1)OC)OC. The minimum absolute atomic E-state index is 0.0336. The molecule has 0 bridgehead atoms. The number of rotatable bonds is 20. The summed E-state index contributed by atoms with van der Waals surface area (Å²) in [5, 5.41) is 19.1. The lowest BCUT2D eigenvalue weighted by atomic mass is 9.93. The standard InChI is InChI=1S/C40H49N5O9/c1-48-23-32(49-2)24-51-25-33(50-3)26-53-36-18-30(40(46)47)17-35-39(36)43-37(45(35)20-31-13-16-52-31)21-44-14-11-29(12-15-44)34-5-4-6-38(42-34)54-22-28-9-7-27(19-41)8-10-28/h4-10,17-18,29,31-33H,11-16,20-26H2,1-3H3,(H,46,47)/t31-,32?,33?/m0/s1. The minimum atomic E-state index is -1.05. The van der Waals surface area contributed by atoms with Gasteiger partial charge in [0.05, 0.1) is 61.7 Å². The number of pyridine rings is 1. The number of carboxylic acid groups (broad SMARTS) is 1. The fourth-order valence-electron chi connectivity index (χ4n) is 6.66. The first-order chi connectivity index (χ1) is 26.4. The maximum Gasteiger partial charge on any atom is 0.335 e. The van der Waals surface area contributed by atoms with Crippen LogP contribution in [0.15, 0.2) is 54.6 Å². The van der Waals surface area contributed by atoms with Crippen LogP contribution in [-0.2, 0) is 43.4 Å². The molecule has 14 heteroatoms. The van der Waals surface area contributed by atoms with Crippen LogP contribution >= 0.6 is 0 Å². The molecule has 6 rings (SSSR count). The fraction of sp³-hybridized carbons (Fsp3) is 0.500. The molecule has 0 amide bonds. The topological polar surface area (TPSA) is 160 Å². The van der Waals surface area contributed by atoms with Crippen molar-refractivity contribution in [2.45, 2.75) is 63.2 Å². The second-order valence-corrected chi connectivity index (χ2v) is 13.6. The van der Waals surface area contributed by atoms with Crippen molar-refractivity contribution in [1.29, 1.82) is 5.26 Å². The monoisotopic (exact) mass is 743 g/mol. The van der Waals surface area contributed by atoms with E-state index in [1.807, 2.05) is 24.3 Å². The molecule has 2 aromatic heterocycles. The summed E-state index contributed by atoms with van der Waals surface area (Å²) in [7, 11) is 4.79. The van der Waals surface area contributed by atoms with Crippen molar-refractivity contribution in [3.63, 3.8) is 0 Å². The first kappa shape index (κ1) is 39.1. The number of hydrogen-bond acceptors (Lipinski definition) is 12. The normalized spacial score (nSPS) is 17.5. The summed E-state index contributed by atoms with van der Waals surface area (Å²) in [6, 6.07) is 18.6. The van der Waals surface area contributed by atoms with E-state index in [1.54, 1.807) is 39.5 Å². The van der Waals surface area contributed by atoms with Crippen LogP contribution in [0, 0.1) is 11.3 Å². The third kappa shape index (κ3) is 10.1. The molecule has 1 N–H and O–H groups in total. The zero-order valence-electron chi connectivity index (χ0n) is 31.1. The van der Waals surface area contributed by atoms with Gasteiger partial charge in [0, 0.05) is 45.6 Å². The average Bonchev–Trinajstić information content (AvgIpc) is 3.53. The molecule has 14 nitrogen and oxygen atoms in total. The van der Waals surface area contributed by atoms with Crippen molar-refractivity contribution in [3.05, 3.63) is 82.8 Å². The van der Waals surface area contributed by atoms with Gasteiger partial charge in [-0.3, -0.25) is 4.90 Å². The van der Waals surface area contributed by atoms with Gasteiger partial charge in [0.1, 0.15) is 42.5 Å². The molecule has 54 heavy (non-hydrogen) atoms. The first-order valence-electron chi connectivity index (χ1n) is 18.3. The number of benzene rings is 2. The fourth-order valence-corrected chi connectivity index (χ4v) is 6.66. The molecule has 2 saturated heterocycles. The molecule has 2 unspecified atom stereocenters.